The predicted molar refractivity (Wildman–Crippen MR) is 67.5 cm³/mol. The molecule has 18 heavy (non-hydrogen) atoms. The normalized spacial score (nSPS) is 10.4. The number of hydrogen-bond donors (Lipinski definition) is 1. The average Bonchev–Trinajstić information content (AvgIpc) is 2.27. The maximum Gasteiger partial charge on any atom is 0.126 e. The minimum absolute atomic E-state index is 0.543. The van der Waals surface area contributed by atoms with Crippen molar-refractivity contribution in [3.8, 4) is 0 Å². The van der Waals surface area contributed by atoms with E-state index in [0.717, 1.165) is 17.6 Å². The lowest BCUT2D eigenvalue weighted by atomic mass is 10.1. The van der Waals surface area contributed by atoms with E-state index in [1.54, 1.807) is 0 Å². The molecule has 1 aromatic heterocycles. The van der Waals surface area contributed by atoms with Gasteiger partial charge in [0.1, 0.15) is 17.5 Å². The molecule has 1 heterocycles. The Hall–Kier alpha value is -1.97. The summed E-state index contributed by atoms with van der Waals surface area (Å²) in [6.07, 6.45) is 0.546. The van der Waals surface area contributed by atoms with Gasteiger partial charge in [0.2, 0.25) is 0 Å². The molecule has 0 saturated carbocycles. The molecule has 0 radical (unpaired) electrons. The lowest BCUT2D eigenvalue weighted by Gasteiger charge is -2.06. The van der Waals surface area contributed by atoms with Crippen LogP contribution < -0.4 is 5.32 Å². The molecule has 1 N–H and O–H groups in total. The van der Waals surface area contributed by atoms with Gasteiger partial charge in [0, 0.05) is 18.3 Å². The summed E-state index contributed by atoms with van der Waals surface area (Å²) in [6, 6.07) is 9.24. The summed E-state index contributed by atoms with van der Waals surface area (Å²) in [7, 11) is 0. The van der Waals surface area contributed by atoms with Gasteiger partial charge in [-0.2, -0.15) is 0 Å². The van der Waals surface area contributed by atoms with Crippen LogP contribution in [-0.4, -0.2) is 11.5 Å². The van der Waals surface area contributed by atoms with E-state index in [9.17, 15) is 8.78 Å². The van der Waals surface area contributed by atoms with Crippen molar-refractivity contribution in [3.05, 3.63) is 59.3 Å². The van der Waals surface area contributed by atoms with E-state index in [0.29, 0.717) is 18.5 Å². The average molecular weight is 248 g/mol. The Morgan fingerprint density at radius 2 is 1.83 bits per heavy atom. The third kappa shape index (κ3) is 3.52. The fourth-order valence-electron chi connectivity index (χ4n) is 1.73. The van der Waals surface area contributed by atoms with E-state index in [2.05, 4.69) is 10.3 Å². The lowest BCUT2D eigenvalue weighted by Crippen LogP contribution is -2.07. The van der Waals surface area contributed by atoms with Crippen LogP contribution in [0.15, 0.2) is 36.4 Å². The molecule has 0 unspecified atom stereocenters. The monoisotopic (exact) mass is 248 g/mol. The number of rotatable bonds is 4. The zero-order chi connectivity index (χ0) is 13.0. The van der Waals surface area contributed by atoms with Crippen molar-refractivity contribution in [1.82, 2.24) is 4.98 Å². The zero-order valence-corrected chi connectivity index (χ0v) is 10.1. The van der Waals surface area contributed by atoms with Crippen molar-refractivity contribution in [2.24, 2.45) is 0 Å². The Balaban J connectivity index is 1.92. The van der Waals surface area contributed by atoms with E-state index in [1.807, 2.05) is 25.1 Å². The molecule has 2 rings (SSSR count). The van der Waals surface area contributed by atoms with Crippen molar-refractivity contribution >= 4 is 5.82 Å². The quantitative estimate of drug-likeness (QED) is 0.897. The molecule has 0 spiro atoms. The highest BCUT2D eigenvalue weighted by Gasteiger charge is 2.01. The van der Waals surface area contributed by atoms with Crippen LogP contribution in [0.3, 0.4) is 0 Å². The molecular weight excluding hydrogens is 234 g/mol. The summed E-state index contributed by atoms with van der Waals surface area (Å²) in [5.41, 5.74) is 1.56. The summed E-state index contributed by atoms with van der Waals surface area (Å²) >= 11 is 0. The highest BCUT2D eigenvalue weighted by molar-refractivity contribution is 5.35. The van der Waals surface area contributed by atoms with Crippen LogP contribution in [-0.2, 0) is 6.42 Å². The molecule has 0 aliphatic heterocycles. The van der Waals surface area contributed by atoms with E-state index < -0.39 is 11.6 Å². The molecule has 0 bridgehead atoms. The number of nitrogens with one attached hydrogen (secondary N) is 1. The summed E-state index contributed by atoms with van der Waals surface area (Å²) in [4.78, 5) is 4.28. The molecule has 0 aliphatic rings. The smallest absolute Gasteiger partial charge is 0.126 e. The molecule has 2 aromatic rings. The van der Waals surface area contributed by atoms with Crippen molar-refractivity contribution in [1.29, 1.82) is 0 Å². The topological polar surface area (TPSA) is 24.9 Å². The third-order valence-electron chi connectivity index (χ3n) is 2.53. The van der Waals surface area contributed by atoms with Crippen molar-refractivity contribution in [2.75, 3.05) is 11.9 Å². The second-order valence-electron chi connectivity index (χ2n) is 4.12. The van der Waals surface area contributed by atoms with Gasteiger partial charge in [-0.1, -0.05) is 6.07 Å². The highest BCUT2D eigenvalue weighted by Crippen LogP contribution is 2.09. The van der Waals surface area contributed by atoms with Gasteiger partial charge in [-0.3, -0.25) is 0 Å². The molecule has 1 aromatic carbocycles. The Kier molecular flexibility index (Phi) is 3.87. The van der Waals surface area contributed by atoms with Crippen LogP contribution in [0.5, 0.6) is 0 Å². The first kappa shape index (κ1) is 12.5. The number of pyridine rings is 1. The minimum atomic E-state index is -0.543. The first-order valence-electron chi connectivity index (χ1n) is 5.76. The first-order chi connectivity index (χ1) is 8.63. The molecule has 0 aliphatic carbocycles. The molecule has 0 amide bonds. The van der Waals surface area contributed by atoms with Gasteiger partial charge in [-0.25, -0.2) is 13.8 Å². The van der Waals surface area contributed by atoms with Gasteiger partial charge in [0.05, 0.1) is 0 Å². The SMILES string of the molecule is Cc1cccc(NCCc2cc(F)cc(F)c2)n1. The Morgan fingerprint density at radius 3 is 2.50 bits per heavy atom. The summed E-state index contributed by atoms with van der Waals surface area (Å²) < 4.78 is 25.9. The highest BCUT2D eigenvalue weighted by atomic mass is 19.1. The van der Waals surface area contributed by atoms with Gasteiger partial charge < -0.3 is 5.32 Å². The van der Waals surface area contributed by atoms with Crippen LogP contribution in [0.2, 0.25) is 0 Å². The number of aryl methyl sites for hydroxylation is 1. The predicted octanol–water partition coefficient (Wildman–Crippen LogP) is 3.32. The van der Waals surface area contributed by atoms with Gasteiger partial charge in [-0.05, 0) is 43.2 Å². The summed E-state index contributed by atoms with van der Waals surface area (Å²) in [5.74, 6) is -0.316. The molecule has 94 valence electrons. The van der Waals surface area contributed by atoms with Crippen LogP contribution in [0.25, 0.3) is 0 Å². The Morgan fingerprint density at radius 1 is 1.11 bits per heavy atom. The van der Waals surface area contributed by atoms with Crippen LogP contribution >= 0.6 is 0 Å². The first-order valence-corrected chi connectivity index (χ1v) is 5.76. The fraction of sp³-hybridized carbons (Fsp3) is 0.214. The van der Waals surface area contributed by atoms with E-state index in [4.69, 9.17) is 0 Å². The van der Waals surface area contributed by atoms with E-state index in [1.165, 1.54) is 12.1 Å². The molecule has 0 atom stereocenters. The van der Waals surface area contributed by atoms with Gasteiger partial charge >= 0.3 is 0 Å². The lowest BCUT2D eigenvalue weighted by molar-refractivity contribution is 0.580. The van der Waals surface area contributed by atoms with Crippen molar-refractivity contribution in [3.63, 3.8) is 0 Å². The molecule has 0 fully saturated rings. The number of aromatic nitrogens is 1. The number of benzene rings is 1. The fourth-order valence-corrected chi connectivity index (χ4v) is 1.73. The van der Waals surface area contributed by atoms with Crippen LogP contribution in [0.1, 0.15) is 11.3 Å². The molecule has 4 heteroatoms. The second-order valence-corrected chi connectivity index (χ2v) is 4.12. The van der Waals surface area contributed by atoms with Crippen molar-refractivity contribution in [2.45, 2.75) is 13.3 Å². The van der Waals surface area contributed by atoms with Crippen LogP contribution in [0, 0.1) is 18.6 Å². The van der Waals surface area contributed by atoms with Gasteiger partial charge in [0.15, 0.2) is 0 Å². The van der Waals surface area contributed by atoms with E-state index >= 15 is 0 Å². The number of anilines is 1. The third-order valence-corrected chi connectivity index (χ3v) is 2.53. The maximum absolute atomic E-state index is 13.0. The molecule has 2 nitrogen and oxygen atoms in total. The number of nitrogens with zero attached hydrogens (tertiary/aromatic N) is 1. The largest absolute Gasteiger partial charge is 0.370 e. The van der Waals surface area contributed by atoms with Crippen LogP contribution in [0.4, 0.5) is 14.6 Å². The number of halogens is 2. The Bertz CT molecular complexity index is 521. The molecular formula is C14H14F2N2. The van der Waals surface area contributed by atoms with Gasteiger partial charge in [0.25, 0.3) is 0 Å². The standard InChI is InChI=1S/C14H14F2N2/c1-10-3-2-4-14(18-10)17-6-5-11-7-12(15)9-13(16)8-11/h2-4,7-9H,5-6H2,1H3,(H,17,18). The second kappa shape index (κ2) is 5.58. The number of hydrogen-bond acceptors (Lipinski definition) is 2. The molecule has 0 saturated heterocycles. The van der Waals surface area contributed by atoms with Crippen molar-refractivity contribution < 1.29 is 8.78 Å². The Labute approximate surface area is 105 Å². The summed E-state index contributed by atoms with van der Waals surface area (Å²) in [5, 5.41) is 3.12. The summed E-state index contributed by atoms with van der Waals surface area (Å²) in [6.45, 7) is 2.49. The zero-order valence-electron chi connectivity index (χ0n) is 10.1. The van der Waals surface area contributed by atoms with Gasteiger partial charge in [-0.15, -0.1) is 0 Å². The van der Waals surface area contributed by atoms with E-state index in [-0.39, 0.29) is 0 Å². The minimum Gasteiger partial charge on any atom is -0.370 e. The maximum atomic E-state index is 13.0.